The van der Waals surface area contributed by atoms with Gasteiger partial charge in [-0.25, -0.2) is 0 Å². The maximum absolute atomic E-state index is 9.51. The fraction of sp³-hybridized carbons (Fsp3) is 0.0714. The molecule has 2 nitrogen and oxygen atoms in total. The maximum Gasteiger partial charge on any atom is 0.357 e. The van der Waals surface area contributed by atoms with E-state index < -0.39 is 9.76 Å². The molecule has 106 valence electrons. The van der Waals surface area contributed by atoms with E-state index in [0.717, 1.165) is 0 Å². The van der Waals surface area contributed by atoms with Crippen molar-refractivity contribution in [3.8, 4) is 0 Å². The number of rotatable bonds is 2. The van der Waals surface area contributed by atoms with E-state index >= 15 is 0 Å². The minimum Gasteiger partial charge on any atom is -0.545 e. The average molecular weight is 443 g/mol. The van der Waals surface area contributed by atoms with Crippen LogP contribution in [0, 0.1) is 7.14 Å². The topological polar surface area (TPSA) is 40.1 Å². The molecular formula is C14H10Cl3IO2. The van der Waals surface area contributed by atoms with Gasteiger partial charge in [-0.3, -0.25) is 0 Å². The second kappa shape index (κ2) is 8.72. The Morgan fingerprint density at radius 3 is 1.40 bits per heavy atom. The number of aliphatic carboxylic acids is 1. The number of alkyl halides is 3. The molecule has 0 saturated heterocycles. The molecule has 0 unspecified atom stereocenters. The Morgan fingerprint density at radius 1 is 0.850 bits per heavy atom. The lowest BCUT2D eigenvalue weighted by molar-refractivity contribution is -0.597. The van der Waals surface area contributed by atoms with E-state index in [1.54, 1.807) is 0 Å². The summed E-state index contributed by atoms with van der Waals surface area (Å²) in [5.41, 5.74) is 0. The number of carboxylic acids is 1. The van der Waals surface area contributed by atoms with Crippen molar-refractivity contribution >= 4 is 40.8 Å². The van der Waals surface area contributed by atoms with Crippen LogP contribution in [-0.2, 0) is 4.79 Å². The summed E-state index contributed by atoms with van der Waals surface area (Å²) in [6.45, 7) is 0. The molecule has 2 aromatic rings. The van der Waals surface area contributed by atoms with Crippen LogP contribution < -0.4 is 26.3 Å². The molecule has 0 spiro atoms. The van der Waals surface area contributed by atoms with E-state index in [2.05, 4.69) is 60.7 Å². The molecule has 0 N–H and O–H groups in total. The van der Waals surface area contributed by atoms with Gasteiger partial charge in [0, 0.05) is 0 Å². The van der Waals surface area contributed by atoms with Crippen LogP contribution in [0.1, 0.15) is 0 Å². The van der Waals surface area contributed by atoms with Crippen LogP contribution in [0.5, 0.6) is 0 Å². The lowest BCUT2D eigenvalue weighted by Crippen LogP contribution is -3.61. The van der Waals surface area contributed by atoms with Crippen molar-refractivity contribution in [1.82, 2.24) is 0 Å². The van der Waals surface area contributed by atoms with Crippen LogP contribution >= 0.6 is 34.8 Å². The number of carbonyl (C=O) groups excluding carboxylic acids is 1. The first kappa shape index (κ1) is 17.6. The van der Waals surface area contributed by atoms with Gasteiger partial charge in [0.25, 0.3) is 0 Å². The van der Waals surface area contributed by atoms with Gasteiger partial charge in [0.1, 0.15) is 0 Å². The Kier molecular flexibility index (Phi) is 7.66. The van der Waals surface area contributed by atoms with Crippen molar-refractivity contribution in [3.63, 3.8) is 0 Å². The van der Waals surface area contributed by atoms with Gasteiger partial charge in [-0.2, -0.15) is 0 Å². The Hall–Kier alpha value is -0.490. The predicted octanol–water partition coefficient (Wildman–Crippen LogP) is -0.0785. The molecule has 0 heterocycles. The van der Waals surface area contributed by atoms with E-state index in [4.69, 9.17) is 34.8 Å². The number of carbonyl (C=O) groups is 1. The van der Waals surface area contributed by atoms with Crippen molar-refractivity contribution in [2.75, 3.05) is 0 Å². The summed E-state index contributed by atoms with van der Waals surface area (Å²) in [6.07, 6.45) is 0. The van der Waals surface area contributed by atoms with Gasteiger partial charge < -0.3 is 9.90 Å². The molecule has 0 aromatic heterocycles. The van der Waals surface area contributed by atoms with Crippen LogP contribution in [0.2, 0.25) is 0 Å². The van der Waals surface area contributed by atoms with E-state index in [9.17, 15) is 9.90 Å². The zero-order valence-electron chi connectivity index (χ0n) is 10.1. The fourth-order valence-corrected chi connectivity index (χ4v) is 3.35. The lowest BCUT2D eigenvalue weighted by atomic mass is 10.4. The zero-order chi connectivity index (χ0) is 15.0. The number of benzene rings is 2. The SMILES string of the molecule is O=C([O-])C(Cl)(Cl)Cl.c1ccc([I+]c2ccccc2)cc1. The number of hydrogen-bond donors (Lipinski definition) is 0. The first-order valence-electron chi connectivity index (χ1n) is 5.42. The molecule has 0 aliphatic heterocycles. The summed E-state index contributed by atoms with van der Waals surface area (Å²) in [7, 11) is 0. The molecule has 0 aliphatic rings. The maximum atomic E-state index is 9.51. The first-order chi connectivity index (χ1) is 9.39. The fourth-order valence-electron chi connectivity index (χ4n) is 1.08. The van der Waals surface area contributed by atoms with E-state index in [1.807, 2.05) is 0 Å². The third-order valence-corrected chi connectivity index (χ3v) is 5.06. The van der Waals surface area contributed by atoms with Gasteiger partial charge in [-0.05, 0) is 24.3 Å². The standard InChI is InChI=1S/C12H10I.C2HCl3O2/c1-3-7-11(8-4-1)13-12-9-5-2-6-10-12;3-2(4,5)1(6)7/h1-10H;(H,6,7)/q+1;/p-1. The van der Waals surface area contributed by atoms with Crippen LogP contribution in [0.4, 0.5) is 0 Å². The molecule has 0 atom stereocenters. The summed E-state index contributed by atoms with van der Waals surface area (Å²) in [4.78, 5) is 9.51. The summed E-state index contributed by atoms with van der Waals surface area (Å²) in [6, 6.07) is 21.4. The van der Waals surface area contributed by atoms with Crippen molar-refractivity contribution in [2.45, 2.75) is 3.79 Å². The minimum absolute atomic E-state index is 0.0287. The molecule has 0 fully saturated rings. The van der Waals surface area contributed by atoms with Crippen molar-refractivity contribution in [1.29, 1.82) is 0 Å². The van der Waals surface area contributed by atoms with Crippen molar-refractivity contribution in [2.24, 2.45) is 0 Å². The summed E-state index contributed by atoms with van der Waals surface area (Å²) >= 11 is 14.2. The lowest BCUT2D eigenvalue weighted by Gasteiger charge is -2.09. The summed E-state index contributed by atoms with van der Waals surface area (Å²) in [5, 5.41) is 9.51. The third-order valence-electron chi connectivity index (χ3n) is 1.92. The van der Waals surface area contributed by atoms with Crippen LogP contribution in [-0.4, -0.2) is 9.76 Å². The third kappa shape index (κ3) is 7.33. The Bertz CT molecular complexity index is 490. The number of halogens is 4. The summed E-state index contributed by atoms with van der Waals surface area (Å²) < 4.78 is 0.681. The molecule has 0 amide bonds. The highest BCUT2D eigenvalue weighted by Gasteiger charge is 2.20. The number of carboxylic acid groups (broad SMARTS) is 1. The molecular weight excluding hydrogens is 433 g/mol. The molecule has 0 bridgehead atoms. The zero-order valence-corrected chi connectivity index (χ0v) is 14.5. The first-order valence-corrected chi connectivity index (χ1v) is 8.72. The monoisotopic (exact) mass is 442 g/mol. The van der Waals surface area contributed by atoms with E-state index in [0.29, 0.717) is 0 Å². The van der Waals surface area contributed by atoms with Gasteiger partial charge in [-0.15, -0.1) is 0 Å². The molecule has 6 heteroatoms. The van der Waals surface area contributed by atoms with Gasteiger partial charge in [0.05, 0.1) is 5.97 Å². The summed E-state index contributed by atoms with van der Waals surface area (Å²) in [5.74, 6) is -1.71. The van der Waals surface area contributed by atoms with Gasteiger partial charge >= 0.3 is 21.2 Å². The van der Waals surface area contributed by atoms with E-state index in [1.165, 1.54) is 7.14 Å². The quantitative estimate of drug-likeness (QED) is 0.482. The highest BCUT2D eigenvalue weighted by Crippen LogP contribution is 2.24. The van der Waals surface area contributed by atoms with Gasteiger partial charge in [0.2, 0.25) is 3.79 Å². The van der Waals surface area contributed by atoms with Crippen molar-refractivity contribution in [3.05, 3.63) is 67.8 Å². The minimum atomic E-state index is -2.28. The number of hydrogen-bond acceptors (Lipinski definition) is 2. The highest BCUT2D eigenvalue weighted by atomic mass is 127. The van der Waals surface area contributed by atoms with Crippen molar-refractivity contribution < 1.29 is 31.1 Å². The Morgan fingerprint density at radius 2 is 1.15 bits per heavy atom. The van der Waals surface area contributed by atoms with Crippen LogP contribution in [0.15, 0.2) is 60.7 Å². The van der Waals surface area contributed by atoms with Gasteiger partial charge in [-0.1, -0.05) is 71.2 Å². The highest BCUT2D eigenvalue weighted by molar-refractivity contribution is 6.75. The van der Waals surface area contributed by atoms with Crippen LogP contribution in [0.25, 0.3) is 0 Å². The molecule has 20 heavy (non-hydrogen) atoms. The van der Waals surface area contributed by atoms with E-state index in [-0.39, 0.29) is 21.2 Å². The molecule has 0 radical (unpaired) electrons. The van der Waals surface area contributed by atoms with Gasteiger partial charge in [0.15, 0.2) is 7.14 Å². The second-order valence-corrected chi connectivity index (χ2v) is 8.78. The molecule has 0 saturated carbocycles. The van der Waals surface area contributed by atoms with Crippen LogP contribution in [0.3, 0.4) is 0 Å². The Balaban J connectivity index is 0.000000246. The molecule has 2 aromatic carbocycles. The molecule has 0 aliphatic carbocycles. The second-order valence-electron chi connectivity index (χ2n) is 3.47. The smallest absolute Gasteiger partial charge is 0.357 e. The Labute approximate surface area is 142 Å². The predicted molar refractivity (Wildman–Crippen MR) is 75.6 cm³/mol. The average Bonchev–Trinajstić information content (AvgIpc) is 2.40. The molecule has 2 rings (SSSR count). The normalized spacial score (nSPS) is 10.3. The largest absolute Gasteiger partial charge is 0.545 e.